The van der Waals surface area contributed by atoms with Gasteiger partial charge in [-0.05, 0) is 29.1 Å². The Hall–Kier alpha value is -2.67. The zero-order valence-corrected chi connectivity index (χ0v) is 13.3. The van der Waals surface area contributed by atoms with Crippen LogP contribution in [0, 0.1) is 0 Å². The van der Waals surface area contributed by atoms with Gasteiger partial charge in [-0.15, -0.1) is 11.3 Å². The van der Waals surface area contributed by atoms with Gasteiger partial charge in [0.05, 0.1) is 13.3 Å². The highest BCUT2D eigenvalue weighted by Crippen LogP contribution is 2.14. The minimum Gasteiger partial charge on any atom is -0.497 e. The fourth-order valence-electron chi connectivity index (χ4n) is 2.14. The SMILES string of the molecule is COc1ccc(CNC(=O)Cn2ncc3ccsc3c2=O)cc1. The molecule has 23 heavy (non-hydrogen) atoms. The number of carbonyl (C=O) groups excluding carboxylic acids is 1. The van der Waals surface area contributed by atoms with Gasteiger partial charge in [0.2, 0.25) is 5.91 Å². The van der Waals surface area contributed by atoms with Crippen molar-refractivity contribution in [3.8, 4) is 5.75 Å². The van der Waals surface area contributed by atoms with Gasteiger partial charge in [0, 0.05) is 11.9 Å². The van der Waals surface area contributed by atoms with Gasteiger partial charge in [-0.25, -0.2) is 4.68 Å². The largest absolute Gasteiger partial charge is 0.497 e. The molecule has 0 unspecified atom stereocenters. The summed E-state index contributed by atoms with van der Waals surface area (Å²) in [5.41, 5.74) is 0.713. The summed E-state index contributed by atoms with van der Waals surface area (Å²) in [6.07, 6.45) is 1.60. The van der Waals surface area contributed by atoms with Crippen molar-refractivity contribution in [3.05, 3.63) is 57.8 Å². The molecule has 0 aliphatic rings. The number of aromatic nitrogens is 2. The number of hydrogen-bond acceptors (Lipinski definition) is 5. The van der Waals surface area contributed by atoms with Gasteiger partial charge in [-0.2, -0.15) is 5.10 Å². The second-order valence-electron chi connectivity index (χ2n) is 4.94. The van der Waals surface area contributed by atoms with Crippen LogP contribution >= 0.6 is 11.3 Å². The Morgan fingerprint density at radius 3 is 2.83 bits per heavy atom. The van der Waals surface area contributed by atoms with Crippen molar-refractivity contribution in [2.75, 3.05) is 7.11 Å². The van der Waals surface area contributed by atoms with E-state index in [9.17, 15) is 9.59 Å². The molecule has 0 atom stereocenters. The quantitative estimate of drug-likeness (QED) is 0.774. The number of amides is 1. The summed E-state index contributed by atoms with van der Waals surface area (Å²) >= 11 is 1.35. The third-order valence-corrected chi connectivity index (χ3v) is 4.32. The fraction of sp³-hybridized carbons (Fsp3) is 0.188. The molecule has 3 aromatic rings. The summed E-state index contributed by atoms with van der Waals surface area (Å²) in [6.45, 7) is 0.293. The summed E-state index contributed by atoms with van der Waals surface area (Å²) in [7, 11) is 1.60. The number of thiophene rings is 1. The Kier molecular flexibility index (Phi) is 4.38. The Labute approximate surface area is 136 Å². The Bertz CT molecular complexity index is 883. The maximum Gasteiger partial charge on any atom is 0.285 e. The van der Waals surface area contributed by atoms with E-state index in [-0.39, 0.29) is 18.0 Å². The van der Waals surface area contributed by atoms with Crippen molar-refractivity contribution in [2.24, 2.45) is 0 Å². The van der Waals surface area contributed by atoms with E-state index in [4.69, 9.17) is 4.74 Å². The number of fused-ring (bicyclic) bond motifs is 1. The number of benzene rings is 1. The van der Waals surface area contributed by atoms with Crippen LogP contribution in [0.2, 0.25) is 0 Å². The Balaban J connectivity index is 1.64. The summed E-state index contributed by atoms with van der Waals surface area (Å²) in [5, 5.41) is 9.44. The summed E-state index contributed by atoms with van der Waals surface area (Å²) in [5.74, 6) is 0.506. The molecule has 0 saturated heterocycles. The molecule has 0 spiro atoms. The predicted molar refractivity (Wildman–Crippen MR) is 88.7 cm³/mol. The van der Waals surface area contributed by atoms with E-state index in [0.29, 0.717) is 11.2 Å². The maximum absolute atomic E-state index is 12.2. The first-order valence-corrected chi connectivity index (χ1v) is 7.88. The molecule has 1 N–H and O–H groups in total. The summed E-state index contributed by atoms with van der Waals surface area (Å²) < 4.78 is 6.88. The first-order chi connectivity index (χ1) is 11.2. The topological polar surface area (TPSA) is 73.2 Å². The molecule has 2 heterocycles. The molecule has 6 nitrogen and oxygen atoms in total. The van der Waals surface area contributed by atoms with Crippen LogP contribution in [0.15, 0.2) is 46.7 Å². The number of ether oxygens (including phenoxy) is 1. The number of hydrogen-bond donors (Lipinski definition) is 1. The minimum absolute atomic E-state index is 0.0944. The van der Waals surface area contributed by atoms with Crippen LogP contribution in [0.5, 0.6) is 5.75 Å². The van der Waals surface area contributed by atoms with Crippen molar-refractivity contribution >= 4 is 27.3 Å². The maximum atomic E-state index is 12.2. The average Bonchev–Trinajstić information content (AvgIpc) is 3.05. The van der Waals surface area contributed by atoms with E-state index >= 15 is 0 Å². The monoisotopic (exact) mass is 329 g/mol. The highest BCUT2D eigenvalue weighted by molar-refractivity contribution is 7.17. The van der Waals surface area contributed by atoms with Gasteiger partial charge < -0.3 is 10.1 Å². The lowest BCUT2D eigenvalue weighted by atomic mass is 10.2. The molecule has 0 fully saturated rings. The number of nitrogens with one attached hydrogen (secondary N) is 1. The molecule has 118 valence electrons. The fourth-order valence-corrected chi connectivity index (χ4v) is 2.96. The molecular weight excluding hydrogens is 314 g/mol. The van der Waals surface area contributed by atoms with Crippen molar-refractivity contribution in [3.63, 3.8) is 0 Å². The number of rotatable bonds is 5. The van der Waals surface area contributed by atoms with Gasteiger partial charge in [0.1, 0.15) is 17.0 Å². The van der Waals surface area contributed by atoms with Crippen molar-refractivity contribution in [2.45, 2.75) is 13.1 Å². The highest BCUT2D eigenvalue weighted by atomic mass is 32.1. The lowest BCUT2D eigenvalue weighted by molar-refractivity contribution is -0.122. The molecule has 2 aromatic heterocycles. The molecule has 0 saturated carbocycles. The third kappa shape index (κ3) is 3.40. The predicted octanol–water partition coefficient (Wildman–Crippen LogP) is 1.78. The Morgan fingerprint density at radius 1 is 1.30 bits per heavy atom. The van der Waals surface area contributed by atoms with Crippen molar-refractivity contribution in [1.29, 1.82) is 0 Å². The molecule has 0 aliphatic carbocycles. The minimum atomic E-state index is -0.258. The van der Waals surface area contributed by atoms with E-state index in [2.05, 4.69) is 10.4 Å². The smallest absolute Gasteiger partial charge is 0.285 e. The Morgan fingerprint density at radius 2 is 2.09 bits per heavy atom. The first-order valence-electron chi connectivity index (χ1n) is 7.00. The van der Waals surface area contributed by atoms with Gasteiger partial charge in [-0.1, -0.05) is 12.1 Å². The molecule has 7 heteroatoms. The lowest BCUT2D eigenvalue weighted by Crippen LogP contribution is -2.33. The van der Waals surface area contributed by atoms with E-state index in [0.717, 1.165) is 16.7 Å². The number of nitrogens with zero attached hydrogens (tertiary/aromatic N) is 2. The van der Waals surface area contributed by atoms with E-state index < -0.39 is 0 Å². The summed E-state index contributed by atoms with van der Waals surface area (Å²) in [6, 6.07) is 9.25. The van der Waals surface area contributed by atoms with Crippen LogP contribution in [0.25, 0.3) is 10.1 Å². The van der Waals surface area contributed by atoms with Crippen molar-refractivity contribution < 1.29 is 9.53 Å². The normalized spacial score (nSPS) is 10.7. The van der Waals surface area contributed by atoms with Crippen LogP contribution < -0.4 is 15.6 Å². The van der Waals surface area contributed by atoms with E-state index in [1.165, 1.54) is 16.0 Å². The highest BCUT2D eigenvalue weighted by Gasteiger charge is 2.09. The molecule has 0 bridgehead atoms. The van der Waals surface area contributed by atoms with Gasteiger partial charge in [0.25, 0.3) is 5.56 Å². The molecule has 0 aliphatic heterocycles. The van der Waals surface area contributed by atoms with Gasteiger partial charge >= 0.3 is 0 Å². The molecule has 1 aromatic carbocycles. The van der Waals surface area contributed by atoms with Crippen LogP contribution in [-0.2, 0) is 17.9 Å². The van der Waals surface area contributed by atoms with Crippen LogP contribution in [-0.4, -0.2) is 22.8 Å². The number of carbonyl (C=O) groups is 1. The van der Waals surface area contributed by atoms with Crippen LogP contribution in [0.4, 0.5) is 0 Å². The van der Waals surface area contributed by atoms with Gasteiger partial charge in [0.15, 0.2) is 0 Å². The molecule has 3 rings (SSSR count). The molecule has 1 amide bonds. The zero-order valence-electron chi connectivity index (χ0n) is 12.5. The second kappa shape index (κ2) is 6.62. The first kappa shape index (κ1) is 15.2. The standard InChI is InChI=1S/C16H15N3O3S/c1-22-13-4-2-11(3-5-13)8-17-14(20)10-19-16(21)15-12(9-18-19)6-7-23-15/h2-7,9H,8,10H2,1H3,(H,17,20). The third-order valence-electron chi connectivity index (χ3n) is 3.40. The van der Waals surface area contributed by atoms with Gasteiger partial charge in [-0.3, -0.25) is 9.59 Å². The molecule has 0 radical (unpaired) electrons. The average molecular weight is 329 g/mol. The van der Waals surface area contributed by atoms with Crippen LogP contribution in [0.1, 0.15) is 5.56 Å². The summed E-state index contributed by atoms with van der Waals surface area (Å²) in [4.78, 5) is 24.2. The second-order valence-corrected chi connectivity index (χ2v) is 5.85. The van der Waals surface area contributed by atoms with Crippen molar-refractivity contribution in [1.82, 2.24) is 15.1 Å². The zero-order chi connectivity index (χ0) is 16.2. The van der Waals surface area contributed by atoms with E-state index in [1.54, 1.807) is 13.3 Å². The van der Waals surface area contributed by atoms with E-state index in [1.807, 2.05) is 35.7 Å². The lowest BCUT2D eigenvalue weighted by Gasteiger charge is -2.07. The molecular formula is C16H15N3O3S. The van der Waals surface area contributed by atoms with Crippen LogP contribution in [0.3, 0.4) is 0 Å². The number of methoxy groups -OCH3 is 1.